The molecule has 0 spiro atoms. The minimum Gasteiger partial charge on any atom is -0.488 e. The van der Waals surface area contributed by atoms with Gasteiger partial charge in [0, 0.05) is 17.5 Å². The quantitative estimate of drug-likeness (QED) is 0.597. The highest BCUT2D eigenvalue weighted by atomic mass is 19.1. The Balaban J connectivity index is 1.40. The molecule has 0 aliphatic carbocycles. The van der Waals surface area contributed by atoms with Crippen molar-refractivity contribution in [1.29, 1.82) is 0 Å². The first-order chi connectivity index (χ1) is 14.9. The molecule has 0 saturated carbocycles. The first-order valence-electron chi connectivity index (χ1n) is 10.0. The number of halogens is 2. The second kappa shape index (κ2) is 8.68. The van der Waals surface area contributed by atoms with Crippen LogP contribution in [0, 0.1) is 11.6 Å². The fraction of sp³-hybridized carbons (Fsp3) is 0.200. The highest BCUT2D eigenvalue weighted by Crippen LogP contribution is 2.34. The van der Waals surface area contributed by atoms with Gasteiger partial charge in [0.2, 0.25) is 5.91 Å². The van der Waals surface area contributed by atoms with Crippen LogP contribution in [0.1, 0.15) is 28.4 Å². The zero-order valence-corrected chi connectivity index (χ0v) is 17.0. The van der Waals surface area contributed by atoms with E-state index in [0.29, 0.717) is 12.0 Å². The average Bonchev–Trinajstić information content (AvgIpc) is 3.17. The molecule has 0 bridgehead atoms. The van der Waals surface area contributed by atoms with Crippen molar-refractivity contribution in [2.75, 3.05) is 6.54 Å². The Morgan fingerprint density at radius 2 is 1.87 bits per heavy atom. The molecule has 3 aromatic rings. The summed E-state index contributed by atoms with van der Waals surface area (Å²) < 4.78 is 32.9. The van der Waals surface area contributed by atoms with Crippen molar-refractivity contribution in [1.82, 2.24) is 5.32 Å². The lowest BCUT2D eigenvalue weighted by Gasteiger charge is -2.12. The molecule has 4 rings (SSSR count). The zero-order chi connectivity index (χ0) is 22.0. The van der Waals surface area contributed by atoms with Crippen LogP contribution in [0.25, 0.3) is 11.1 Å². The number of carbonyl (C=O) groups is 2. The molecule has 0 aromatic heterocycles. The van der Waals surface area contributed by atoms with Crippen LogP contribution in [0.15, 0.2) is 60.7 Å². The van der Waals surface area contributed by atoms with Crippen LogP contribution in [0.3, 0.4) is 0 Å². The van der Waals surface area contributed by atoms with Crippen molar-refractivity contribution in [2.45, 2.75) is 25.9 Å². The first kappa shape index (κ1) is 20.7. The Morgan fingerprint density at radius 3 is 2.68 bits per heavy atom. The summed E-state index contributed by atoms with van der Waals surface area (Å²) in [6, 6.07) is 16.3. The van der Waals surface area contributed by atoms with Gasteiger partial charge in [-0.15, -0.1) is 0 Å². The molecule has 1 atom stereocenters. The van der Waals surface area contributed by atoms with E-state index in [9.17, 15) is 18.4 Å². The summed E-state index contributed by atoms with van der Waals surface area (Å²) in [5.74, 6) is -0.859. The summed E-state index contributed by atoms with van der Waals surface area (Å²) in [6.07, 6.45) is 0.101. The fourth-order valence-electron chi connectivity index (χ4n) is 3.79. The van der Waals surface area contributed by atoms with E-state index in [4.69, 9.17) is 4.74 Å². The maximum absolute atomic E-state index is 13.7. The predicted molar refractivity (Wildman–Crippen MR) is 113 cm³/mol. The molecular weight excluding hydrogens is 400 g/mol. The third-order valence-electron chi connectivity index (χ3n) is 5.30. The van der Waals surface area contributed by atoms with Crippen LogP contribution in [0.5, 0.6) is 5.75 Å². The Kier molecular flexibility index (Phi) is 5.80. The molecule has 158 valence electrons. The second-order valence-corrected chi connectivity index (χ2v) is 7.58. The van der Waals surface area contributed by atoms with Crippen LogP contribution in [-0.4, -0.2) is 24.3 Å². The van der Waals surface area contributed by atoms with E-state index in [-0.39, 0.29) is 30.4 Å². The zero-order valence-electron chi connectivity index (χ0n) is 17.0. The Labute approximate surface area is 178 Å². The third-order valence-corrected chi connectivity index (χ3v) is 5.30. The Hall–Kier alpha value is -3.54. The van der Waals surface area contributed by atoms with Crippen molar-refractivity contribution >= 4 is 11.7 Å². The van der Waals surface area contributed by atoms with Gasteiger partial charge < -0.3 is 10.1 Å². The molecule has 4 nitrogen and oxygen atoms in total. The molecule has 6 heteroatoms. The summed E-state index contributed by atoms with van der Waals surface area (Å²) >= 11 is 0. The van der Waals surface area contributed by atoms with Gasteiger partial charge in [-0.05, 0) is 53.9 Å². The van der Waals surface area contributed by atoms with E-state index in [1.807, 2.05) is 36.4 Å². The minimum absolute atomic E-state index is 0.00247. The second-order valence-electron chi connectivity index (χ2n) is 7.58. The van der Waals surface area contributed by atoms with Gasteiger partial charge in [-0.2, -0.15) is 0 Å². The number of hydrogen-bond acceptors (Lipinski definition) is 3. The summed E-state index contributed by atoms with van der Waals surface area (Å²) in [5.41, 5.74) is 3.47. The molecule has 0 unspecified atom stereocenters. The topological polar surface area (TPSA) is 55.4 Å². The number of Topliss-reactive ketones (excluding diaryl/α,β-unsaturated/α-hetero) is 1. The number of ketones is 1. The van der Waals surface area contributed by atoms with Gasteiger partial charge in [0.1, 0.15) is 23.5 Å². The molecule has 1 aliphatic rings. The molecule has 0 saturated heterocycles. The lowest BCUT2D eigenvalue weighted by Crippen LogP contribution is -2.35. The van der Waals surface area contributed by atoms with E-state index in [1.165, 1.54) is 0 Å². The van der Waals surface area contributed by atoms with E-state index in [2.05, 4.69) is 5.32 Å². The number of hydrogen-bond donors (Lipinski definition) is 1. The molecule has 1 heterocycles. The summed E-state index contributed by atoms with van der Waals surface area (Å²) in [4.78, 5) is 24.1. The number of ether oxygens (including phenoxy) is 1. The number of amides is 1. The monoisotopic (exact) mass is 421 g/mol. The SMILES string of the molecule is CC(=O)c1ccccc1-c1ccc2c(c1)C[C@@H](CNC(=O)Cc1cc(F)ccc1F)O2. The fourth-order valence-corrected chi connectivity index (χ4v) is 3.79. The molecule has 3 aromatic carbocycles. The molecule has 1 aliphatic heterocycles. The summed E-state index contributed by atoms with van der Waals surface area (Å²) in [5, 5.41) is 2.73. The van der Waals surface area contributed by atoms with Gasteiger partial charge in [0.05, 0.1) is 13.0 Å². The van der Waals surface area contributed by atoms with Crippen molar-refractivity contribution in [3.63, 3.8) is 0 Å². The van der Waals surface area contributed by atoms with Gasteiger partial charge >= 0.3 is 0 Å². The van der Waals surface area contributed by atoms with Crippen molar-refractivity contribution < 1.29 is 23.1 Å². The Bertz CT molecular complexity index is 1160. The van der Waals surface area contributed by atoms with Gasteiger partial charge in [-0.1, -0.05) is 30.3 Å². The Morgan fingerprint density at radius 1 is 1.06 bits per heavy atom. The van der Waals surface area contributed by atoms with E-state index in [0.717, 1.165) is 40.6 Å². The van der Waals surface area contributed by atoms with Crippen molar-refractivity contribution in [2.24, 2.45) is 0 Å². The summed E-state index contributed by atoms with van der Waals surface area (Å²) in [6.45, 7) is 1.80. The van der Waals surface area contributed by atoms with E-state index in [1.54, 1.807) is 13.0 Å². The maximum atomic E-state index is 13.7. The van der Waals surface area contributed by atoms with Crippen LogP contribution in [0.2, 0.25) is 0 Å². The minimum atomic E-state index is -0.612. The van der Waals surface area contributed by atoms with E-state index < -0.39 is 17.5 Å². The number of fused-ring (bicyclic) bond motifs is 1. The van der Waals surface area contributed by atoms with Crippen molar-refractivity contribution in [3.05, 3.63) is 89.0 Å². The standard InChI is InChI=1S/C25H21F2NO3/c1-15(29)21-4-2-3-5-22(21)16-6-9-24-18(10-16)12-20(31-24)14-28-25(30)13-17-11-19(26)7-8-23(17)27/h2-11,20H,12-14H2,1H3,(H,28,30)/t20-/m0/s1. The van der Waals surface area contributed by atoms with Crippen molar-refractivity contribution in [3.8, 4) is 16.9 Å². The number of carbonyl (C=O) groups excluding carboxylic acids is 2. The highest BCUT2D eigenvalue weighted by molar-refractivity contribution is 6.00. The first-order valence-corrected chi connectivity index (χ1v) is 10.0. The predicted octanol–water partition coefficient (Wildman–Crippen LogP) is 4.50. The van der Waals surface area contributed by atoms with Crippen LogP contribution in [-0.2, 0) is 17.6 Å². The molecule has 0 radical (unpaired) electrons. The molecule has 1 amide bonds. The van der Waals surface area contributed by atoms with E-state index >= 15 is 0 Å². The third kappa shape index (κ3) is 4.63. The molecule has 31 heavy (non-hydrogen) atoms. The van der Waals surface area contributed by atoms with Gasteiger partial charge in [0.25, 0.3) is 0 Å². The van der Waals surface area contributed by atoms with Gasteiger partial charge in [0.15, 0.2) is 5.78 Å². The van der Waals surface area contributed by atoms with Gasteiger partial charge in [-0.25, -0.2) is 8.78 Å². The number of benzene rings is 3. The molecule has 1 N–H and O–H groups in total. The largest absolute Gasteiger partial charge is 0.488 e. The number of rotatable bonds is 6. The summed E-state index contributed by atoms with van der Waals surface area (Å²) in [7, 11) is 0. The highest BCUT2D eigenvalue weighted by Gasteiger charge is 2.24. The van der Waals surface area contributed by atoms with Gasteiger partial charge in [-0.3, -0.25) is 9.59 Å². The lowest BCUT2D eigenvalue weighted by molar-refractivity contribution is -0.120. The maximum Gasteiger partial charge on any atom is 0.224 e. The molecule has 0 fully saturated rings. The smallest absolute Gasteiger partial charge is 0.224 e. The average molecular weight is 421 g/mol. The van der Waals surface area contributed by atoms with Crippen LogP contribution in [0.4, 0.5) is 8.78 Å². The molecular formula is C25H21F2NO3. The number of nitrogens with one attached hydrogen (secondary N) is 1. The normalized spacial score (nSPS) is 14.6. The van der Waals surface area contributed by atoms with Crippen LogP contribution < -0.4 is 10.1 Å². The van der Waals surface area contributed by atoms with Crippen LogP contribution >= 0.6 is 0 Å². The lowest BCUT2D eigenvalue weighted by atomic mass is 9.95.